The predicted molar refractivity (Wildman–Crippen MR) is 113 cm³/mol. The molecule has 1 amide bonds. The van der Waals surface area contributed by atoms with Gasteiger partial charge in [-0.2, -0.15) is 5.10 Å². The van der Waals surface area contributed by atoms with Crippen LogP contribution in [0.5, 0.6) is 5.75 Å². The van der Waals surface area contributed by atoms with Crippen LogP contribution in [0.1, 0.15) is 13.3 Å². The molecule has 0 aliphatic carbocycles. The molecular formula is C22H21N5O2. The Balaban J connectivity index is 1.98. The van der Waals surface area contributed by atoms with Crippen molar-refractivity contribution < 1.29 is 9.53 Å². The van der Waals surface area contributed by atoms with E-state index in [9.17, 15) is 4.79 Å². The van der Waals surface area contributed by atoms with Crippen molar-refractivity contribution in [1.29, 1.82) is 0 Å². The molecule has 4 aromatic rings. The average Bonchev–Trinajstić information content (AvgIpc) is 3.19. The number of benzene rings is 1. The number of carbonyl (C=O) groups is 1. The highest BCUT2D eigenvalue weighted by Gasteiger charge is 2.16. The quantitative estimate of drug-likeness (QED) is 0.559. The number of amides is 1. The Labute approximate surface area is 168 Å². The second-order valence-electron chi connectivity index (χ2n) is 6.64. The summed E-state index contributed by atoms with van der Waals surface area (Å²) in [6, 6.07) is 11.5. The molecule has 0 aliphatic heterocycles. The predicted octanol–water partition coefficient (Wildman–Crippen LogP) is 4.05. The number of ether oxygens (including phenoxy) is 1. The molecule has 0 fully saturated rings. The van der Waals surface area contributed by atoms with Crippen LogP contribution >= 0.6 is 0 Å². The molecule has 0 saturated carbocycles. The third-order valence-electron chi connectivity index (χ3n) is 4.67. The molecule has 0 unspecified atom stereocenters. The van der Waals surface area contributed by atoms with Gasteiger partial charge in [0.15, 0.2) is 0 Å². The highest BCUT2D eigenvalue weighted by molar-refractivity contribution is 6.01. The first-order valence-corrected chi connectivity index (χ1v) is 9.32. The van der Waals surface area contributed by atoms with Crippen LogP contribution in [0, 0.1) is 0 Å². The van der Waals surface area contributed by atoms with Crippen molar-refractivity contribution in [3.63, 3.8) is 0 Å². The molecule has 0 spiro atoms. The maximum absolute atomic E-state index is 12.0. The SMILES string of the molecule is CCC(=O)Nc1cc2nc(-c3cnn(C)c3)cc(-c3ccccn3)c2cc1OC. The summed E-state index contributed by atoms with van der Waals surface area (Å²) < 4.78 is 7.27. The number of carbonyl (C=O) groups excluding carboxylic acids is 1. The molecule has 0 aliphatic rings. The lowest BCUT2D eigenvalue weighted by molar-refractivity contribution is -0.115. The van der Waals surface area contributed by atoms with Crippen LogP contribution in [0.2, 0.25) is 0 Å². The lowest BCUT2D eigenvalue weighted by atomic mass is 10.0. The van der Waals surface area contributed by atoms with Gasteiger partial charge < -0.3 is 10.1 Å². The summed E-state index contributed by atoms with van der Waals surface area (Å²) in [7, 11) is 3.45. The van der Waals surface area contributed by atoms with Gasteiger partial charge in [0.05, 0.1) is 35.9 Å². The van der Waals surface area contributed by atoms with Gasteiger partial charge in [0.2, 0.25) is 5.91 Å². The third kappa shape index (κ3) is 3.67. The fourth-order valence-electron chi connectivity index (χ4n) is 3.19. The molecule has 3 aromatic heterocycles. The Hall–Kier alpha value is -3.74. The average molecular weight is 387 g/mol. The number of rotatable bonds is 5. The lowest BCUT2D eigenvalue weighted by Gasteiger charge is -2.14. The van der Waals surface area contributed by atoms with E-state index >= 15 is 0 Å². The van der Waals surface area contributed by atoms with Crippen molar-refractivity contribution >= 4 is 22.5 Å². The van der Waals surface area contributed by atoms with Crippen LogP contribution in [0.25, 0.3) is 33.4 Å². The summed E-state index contributed by atoms with van der Waals surface area (Å²) in [6.07, 6.45) is 5.83. The molecule has 1 aromatic carbocycles. The molecule has 3 heterocycles. The number of nitrogens with one attached hydrogen (secondary N) is 1. The fourth-order valence-corrected chi connectivity index (χ4v) is 3.19. The van der Waals surface area contributed by atoms with Gasteiger partial charge in [0.25, 0.3) is 0 Å². The van der Waals surface area contributed by atoms with Crippen LogP contribution in [0.15, 0.2) is 55.0 Å². The van der Waals surface area contributed by atoms with E-state index in [1.807, 2.05) is 49.6 Å². The summed E-state index contributed by atoms with van der Waals surface area (Å²) >= 11 is 0. The number of anilines is 1. The Kier molecular flexibility index (Phi) is 4.95. The smallest absolute Gasteiger partial charge is 0.224 e. The first kappa shape index (κ1) is 18.6. The molecule has 0 radical (unpaired) electrons. The van der Waals surface area contributed by atoms with E-state index in [0.29, 0.717) is 17.9 Å². The third-order valence-corrected chi connectivity index (χ3v) is 4.67. The minimum Gasteiger partial charge on any atom is -0.495 e. The van der Waals surface area contributed by atoms with Crippen LogP contribution < -0.4 is 10.1 Å². The zero-order chi connectivity index (χ0) is 20.4. The largest absolute Gasteiger partial charge is 0.495 e. The van der Waals surface area contributed by atoms with Gasteiger partial charge in [-0.25, -0.2) is 4.98 Å². The van der Waals surface area contributed by atoms with Crippen LogP contribution in [0.4, 0.5) is 5.69 Å². The van der Waals surface area contributed by atoms with Crippen molar-refractivity contribution in [3.05, 3.63) is 55.0 Å². The number of hydrogen-bond donors (Lipinski definition) is 1. The first-order valence-electron chi connectivity index (χ1n) is 9.32. The topological polar surface area (TPSA) is 81.9 Å². The van der Waals surface area contributed by atoms with Crippen molar-refractivity contribution in [2.45, 2.75) is 13.3 Å². The number of pyridine rings is 2. The van der Waals surface area contributed by atoms with E-state index in [1.54, 1.807) is 31.1 Å². The molecule has 0 bridgehead atoms. The van der Waals surface area contributed by atoms with Crippen LogP contribution in [-0.2, 0) is 11.8 Å². The maximum Gasteiger partial charge on any atom is 0.224 e. The van der Waals surface area contributed by atoms with Gasteiger partial charge >= 0.3 is 0 Å². The molecular weight excluding hydrogens is 366 g/mol. The number of hydrogen-bond acceptors (Lipinski definition) is 5. The monoisotopic (exact) mass is 387 g/mol. The Bertz CT molecular complexity index is 1180. The number of aromatic nitrogens is 4. The highest BCUT2D eigenvalue weighted by atomic mass is 16.5. The lowest BCUT2D eigenvalue weighted by Crippen LogP contribution is -2.10. The van der Waals surface area contributed by atoms with E-state index < -0.39 is 0 Å². The van der Waals surface area contributed by atoms with Gasteiger partial charge in [0, 0.05) is 42.4 Å². The zero-order valence-electron chi connectivity index (χ0n) is 16.5. The van der Waals surface area contributed by atoms with Crippen molar-refractivity contribution in [1.82, 2.24) is 19.7 Å². The second-order valence-corrected chi connectivity index (χ2v) is 6.64. The summed E-state index contributed by atoms with van der Waals surface area (Å²) in [4.78, 5) is 21.3. The molecule has 29 heavy (non-hydrogen) atoms. The maximum atomic E-state index is 12.0. The minimum absolute atomic E-state index is 0.0870. The number of fused-ring (bicyclic) bond motifs is 1. The normalized spacial score (nSPS) is 10.9. The highest BCUT2D eigenvalue weighted by Crippen LogP contribution is 2.36. The number of aryl methyl sites for hydroxylation is 1. The van der Waals surface area contributed by atoms with Crippen molar-refractivity contribution in [2.24, 2.45) is 7.05 Å². The molecule has 7 heteroatoms. The van der Waals surface area contributed by atoms with Gasteiger partial charge in [-0.05, 0) is 30.3 Å². The summed E-state index contributed by atoms with van der Waals surface area (Å²) in [5.74, 6) is 0.489. The summed E-state index contributed by atoms with van der Waals surface area (Å²) in [5.41, 5.74) is 4.78. The number of nitrogens with zero attached hydrogens (tertiary/aromatic N) is 4. The van der Waals surface area contributed by atoms with E-state index in [1.165, 1.54) is 0 Å². The second kappa shape index (κ2) is 7.71. The van der Waals surface area contributed by atoms with Crippen LogP contribution in [0.3, 0.4) is 0 Å². The summed E-state index contributed by atoms with van der Waals surface area (Å²) in [6.45, 7) is 1.81. The van der Waals surface area contributed by atoms with E-state index in [2.05, 4.69) is 15.4 Å². The van der Waals surface area contributed by atoms with E-state index in [-0.39, 0.29) is 5.91 Å². The van der Waals surface area contributed by atoms with Gasteiger partial charge in [-0.1, -0.05) is 13.0 Å². The summed E-state index contributed by atoms with van der Waals surface area (Å²) in [5, 5.41) is 8.04. The molecule has 7 nitrogen and oxygen atoms in total. The van der Waals surface area contributed by atoms with Gasteiger partial charge in [-0.3, -0.25) is 14.5 Å². The van der Waals surface area contributed by atoms with Crippen molar-refractivity contribution in [2.75, 3.05) is 12.4 Å². The molecule has 146 valence electrons. The Morgan fingerprint density at radius 1 is 1.21 bits per heavy atom. The van der Waals surface area contributed by atoms with Crippen LogP contribution in [-0.4, -0.2) is 32.8 Å². The fraction of sp³-hybridized carbons (Fsp3) is 0.182. The minimum atomic E-state index is -0.0870. The van der Waals surface area contributed by atoms with Gasteiger partial charge in [-0.15, -0.1) is 0 Å². The molecule has 0 saturated heterocycles. The van der Waals surface area contributed by atoms with E-state index in [0.717, 1.165) is 33.4 Å². The Morgan fingerprint density at radius 3 is 2.72 bits per heavy atom. The Morgan fingerprint density at radius 2 is 2.07 bits per heavy atom. The van der Waals surface area contributed by atoms with Gasteiger partial charge in [0.1, 0.15) is 5.75 Å². The zero-order valence-corrected chi connectivity index (χ0v) is 16.5. The first-order chi connectivity index (χ1) is 14.1. The molecule has 4 rings (SSSR count). The standard InChI is InChI=1S/C22H21N5O2/c1-4-22(28)26-20-11-19-16(10-21(20)29-3)15(17-7-5-6-8-23-17)9-18(25-19)14-12-24-27(2)13-14/h5-13H,4H2,1-3H3,(H,26,28). The molecule has 0 atom stereocenters. The molecule has 1 N–H and O–H groups in total. The van der Waals surface area contributed by atoms with E-state index in [4.69, 9.17) is 9.72 Å². The number of methoxy groups -OCH3 is 1. The van der Waals surface area contributed by atoms with Crippen molar-refractivity contribution in [3.8, 4) is 28.3 Å².